The Morgan fingerprint density at radius 3 is 2.60 bits per heavy atom. The first-order valence-corrected chi connectivity index (χ1v) is 7.49. The van der Waals surface area contributed by atoms with Crippen molar-refractivity contribution in [2.45, 2.75) is 45.9 Å². The van der Waals surface area contributed by atoms with E-state index in [-0.39, 0.29) is 11.5 Å². The smallest absolute Gasteiger partial charge is 0.0853 e. The van der Waals surface area contributed by atoms with E-state index in [4.69, 9.17) is 4.74 Å². The maximum absolute atomic E-state index is 10.7. The molecule has 0 spiro atoms. The number of benzene rings is 1. The molecule has 3 atom stereocenters. The van der Waals surface area contributed by atoms with E-state index in [9.17, 15) is 5.11 Å². The average molecular weight is 277 g/mol. The Kier molecular flexibility index (Phi) is 4.84. The Morgan fingerprint density at radius 1 is 1.30 bits per heavy atom. The number of rotatable bonds is 4. The summed E-state index contributed by atoms with van der Waals surface area (Å²) in [5.41, 5.74) is 0.804. The molecule has 1 aliphatic rings. The number of aliphatic hydroxyl groups is 1. The largest absolute Gasteiger partial charge is 0.388 e. The van der Waals surface area contributed by atoms with Crippen LogP contribution >= 0.6 is 0 Å². The molecule has 0 bridgehead atoms. The highest BCUT2D eigenvalue weighted by Crippen LogP contribution is 2.35. The van der Waals surface area contributed by atoms with Crippen molar-refractivity contribution in [1.29, 1.82) is 0 Å². The molecule has 0 radical (unpaired) electrons. The second-order valence-electron chi connectivity index (χ2n) is 6.72. The van der Waals surface area contributed by atoms with Gasteiger partial charge in [0.05, 0.1) is 18.8 Å². The van der Waals surface area contributed by atoms with Gasteiger partial charge in [-0.2, -0.15) is 0 Å². The van der Waals surface area contributed by atoms with Gasteiger partial charge in [-0.05, 0) is 19.4 Å². The second-order valence-corrected chi connectivity index (χ2v) is 6.72. The molecular formula is C17H27NO2. The van der Waals surface area contributed by atoms with Crippen molar-refractivity contribution in [2.24, 2.45) is 5.41 Å². The number of ether oxygens (including phenoxy) is 1. The minimum absolute atomic E-state index is 0.188. The van der Waals surface area contributed by atoms with Gasteiger partial charge < -0.3 is 9.84 Å². The highest BCUT2D eigenvalue weighted by Gasteiger charge is 2.34. The zero-order valence-corrected chi connectivity index (χ0v) is 13.0. The van der Waals surface area contributed by atoms with Gasteiger partial charge in [-0.25, -0.2) is 0 Å². The summed E-state index contributed by atoms with van der Waals surface area (Å²) in [5.74, 6) is 0. The van der Waals surface area contributed by atoms with Crippen molar-refractivity contribution >= 4 is 0 Å². The van der Waals surface area contributed by atoms with E-state index in [2.05, 4.69) is 32.6 Å². The Morgan fingerprint density at radius 2 is 1.95 bits per heavy atom. The second kappa shape index (κ2) is 6.25. The monoisotopic (exact) mass is 277 g/mol. The standard InChI is InChI=1S/C17H27NO2/c1-13-11-20-14(2)10-18(13)12-17(3,4)16(19)15-8-6-5-7-9-15/h5-9,13-14,16,19H,10-12H2,1-4H3. The SMILES string of the molecule is CC1CN(CC(C)(C)C(O)c2ccccc2)C(C)CO1. The van der Waals surface area contributed by atoms with Crippen molar-refractivity contribution in [2.75, 3.05) is 19.7 Å². The summed E-state index contributed by atoms with van der Waals surface area (Å²) in [6, 6.07) is 10.3. The van der Waals surface area contributed by atoms with E-state index in [1.165, 1.54) is 0 Å². The van der Waals surface area contributed by atoms with Gasteiger partial charge in [-0.15, -0.1) is 0 Å². The van der Waals surface area contributed by atoms with E-state index >= 15 is 0 Å². The Labute approximate surface area is 122 Å². The Hall–Kier alpha value is -0.900. The summed E-state index contributed by atoms with van der Waals surface area (Å²) in [5, 5.41) is 10.7. The topological polar surface area (TPSA) is 32.7 Å². The van der Waals surface area contributed by atoms with Gasteiger partial charge in [0.1, 0.15) is 0 Å². The quantitative estimate of drug-likeness (QED) is 0.918. The van der Waals surface area contributed by atoms with Gasteiger partial charge in [-0.3, -0.25) is 4.90 Å². The van der Waals surface area contributed by atoms with Crippen molar-refractivity contribution in [3.05, 3.63) is 35.9 Å². The lowest BCUT2D eigenvalue weighted by Gasteiger charge is -2.42. The van der Waals surface area contributed by atoms with Gasteiger partial charge in [-0.1, -0.05) is 44.2 Å². The third-order valence-corrected chi connectivity index (χ3v) is 4.20. The van der Waals surface area contributed by atoms with Gasteiger partial charge in [0.15, 0.2) is 0 Å². The van der Waals surface area contributed by atoms with Crippen LogP contribution < -0.4 is 0 Å². The Balaban J connectivity index is 2.06. The molecule has 1 fully saturated rings. The first-order chi connectivity index (χ1) is 9.40. The van der Waals surface area contributed by atoms with Crippen LogP contribution in [0.1, 0.15) is 39.4 Å². The minimum atomic E-state index is -0.450. The summed E-state index contributed by atoms with van der Waals surface area (Å²) in [7, 11) is 0. The molecular weight excluding hydrogens is 250 g/mol. The molecule has 0 saturated carbocycles. The van der Waals surface area contributed by atoms with Gasteiger partial charge >= 0.3 is 0 Å². The molecule has 1 N–H and O–H groups in total. The predicted octanol–water partition coefficient (Wildman–Crippen LogP) is 2.86. The van der Waals surface area contributed by atoms with Crippen LogP contribution in [-0.4, -0.2) is 41.8 Å². The average Bonchev–Trinajstić information content (AvgIpc) is 2.43. The van der Waals surface area contributed by atoms with E-state index < -0.39 is 6.10 Å². The summed E-state index contributed by atoms with van der Waals surface area (Å²) in [6.07, 6.45) is -0.176. The molecule has 1 aromatic carbocycles. The zero-order chi connectivity index (χ0) is 14.8. The number of nitrogens with zero attached hydrogens (tertiary/aromatic N) is 1. The minimum Gasteiger partial charge on any atom is -0.388 e. The molecule has 3 unspecified atom stereocenters. The van der Waals surface area contributed by atoms with Crippen molar-refractivity contribution < 1.29 is 9.84 Å². The van der Waals surface area contributed by atoms with Crippen LogP contribution in [0.3, 0.4) is 0 Å². The van der Waals surface area contributed by atoms with Crippen LogP contribution in [0.25, 0.3) is 0 Å². The molecule has 0 aliphatic carbocycles. The highest BCUT2D eigenvalue weighted by molar-refractivity contribution is 5.19. The van der Waals surface area contributed by atoms with Crippen LogP contribution in [0.4, 0.5) is 0 Å². The summed E-state index contributed by atoms with van der Waals surface area (Å²) < 4.78 is 5.68. The normalized spacial score (nSPS) is 26.4. The molecule has 0 aromatic heterocycles. The number of hydrogen-bond acceptors (Lipinski definition) is 3. The summed E-state index contributed by atoms with van der Waals surface area (Å²) in [4.78, 5) is 2.43. The van der Waals surface area contributed by atoms with Gasteiger partial charge in [0.25, 0.3) is 0 Å². The van der Waals surface area contributed by atoms with Crippen LogP contribution in [0.2, 0.25) is 0 Å². The van der Waals surface area contributed by atoms with E-state index in [0.717, 1.165) is 25.3 Å². The molecule has 1 aliphatic heterocycles. The number of hydrogen-bond donors (Lipinski definition) is 1. The van der Waals surface area contributed by atoms with E-state index in [1.54, 1.807) is 0 Å². The molecule has 1 saturated heterocycles. The van der Waals surface area contributed by atoms with Crippen molar-refractivity contribution in [3.63, 3.8) is 0 Å². The first kappa shape index (κ1) is 15.5. The number of morpholine rings is 1. The lowest BCUT2D eigenvalue weighted by atomic mass is 9.81. The lowest BCUT2D eigenvalue weighted by Crippen LogP contribution is -2.51. The van der Waals surface area contributed by atoms with Crippen LogP contribution in [0.15, 0.2) is 30.3 Å². The lowest BCUT2D eigenvalue weighted by molar-refractivity contribution is -0.0752. The maximum atomic E-state index is 10.7. The fourth-order valence-electron chi connectivity index (χ4n) is 2.89. The van der Waals surface area contributed by atoms with Crippen molar-refractivity contribution in [1.82, 2.24) is 4.90 Å². The molecule has 0 amide bonds. The van der Waals surface area contributed by atoms with E-state index in [0.29, 0.717) is 6.04 Å². The predicted molar refractivity (Wildman–Crippen MR) is 81.6 cm³/mol. The molecule has 20 heavy (non-hydrogen) atoms. The maximum Gasteiger partial charge on any atom is 0.0853 e. The van der Waals surface area contributed by atoms with Crippen LogP contribution in [0, 0.1) is 5.41 Å². The molecule has 1 aromatic rings. The van der Waals surface area contributed by atoms with E-state index in [1.807, 2.05) is 30.3 Å². The zero-order valence-electron chi connectivity index (χ0n) is 13.0. The first-order valence-electron chi connectivity index (χ1n) is 7.49. The highest BCUT2D eigenvalue weighted by atomic mass is 16.5. The fraction of sp³-hybridized carbons (Fsp3) is 0.647. The van der Waals surface area contributed by atoms with Gasteiger partial charge in [0.2, 0.25) is 0 Å². The fourth-order valence-corrected chi connectivity index (χ4v) is 2.89. The Bertz CT molecular complexity index is 418. The number of aliphatic hydroxyl groups excluding tert-OH is 1. The third-order valence-electron chi connectivity index (χ3n) is 4.20. The molecule has 112 valence electrons. The van der Waals surface area contributed by atoms with Gasteiger partial charge in [0, 0.05) is 24.5 Å². The molecule has 1 heterocycles. The summed E-state index contributed by atoms with van der Waals surface area (Å²) in [6.45, 7) is 11.2. The van der Waals surface area contributed by atoms with Crippen LogP contribution in [-0.2, 0) is 4.74 Å². The third kappa shape index (κ3) is 3.60. The van der Waals surface area contributed by atoms with Crippen LogP contribution in [0.5, 0.6) is 0 Å². The molecule has 3 nitrogen and oxygen atoms in total. The summed E-state index contributed by atoms with van der Waals surface area (Å²) >= 11 is 0. The molecule has 2 rings (SSSR count). The molecule has 3 heteroatoms. The van der Waals surface area contributed by atoms with Crippen molar-refractivity contribution in [3.8, 4) is 0 Å².